The number of aromatic amines is 1. The molecular weight excluding hydrogens is 122 g/mol. The van der Waals surface area contributed by atoms with Gasteiger partial charge in [-0.1, -0.05) is 12.2 Å². The molecule has 0 aromatic carbocycles. The molecule has 8 heavy (non-hydrogen) atoms. The zero-order valence-electron chi connectivity index (χ0n) is 4.09. The Kier molecular flexibility index (Phi) is 1.26. The standard InChI is InChI=1S/C4H5N3S/c5-4-6-2-1-3(8)7-4/h1-2H,(H3,5,6,7,8). The Morgan fingerprint density at radius 3 is 2.88 bits per heavy atom. The van der Waals surface area contributed by atoms with Gasteiger partial charge in [0, 0.05) is 6.20 Å². The maximum absolute atomic E-state index is 5.23. The van der Waals surface area contributed by atoms with Crippen LogP contribution < -0.4 is 5.73 Å². The van der Waals surface area contributed by atoms with Crippen molar-refractivity contribution in [1.29, 1.82) is 0 Å². The van der Waals surface area contributed by atoms with Crippen molar-refractivity contribution in [2.45, 2.75) is 0 Å². The fraction of sp³-hybridized carbons (Fsp3) is 0. The van der Waals surface area contributed by atoms with Gasteiger partial charge in [-0.3, -0.25) is 0 Å². The van der Waals surface area contributed by atoms with Gasteiger partial charge in [-0.15, -0.1) is 0 Å². The van der Waals surface area contributed by atoms with E-state index in [1.807, 2.05) is 0 Å². The summed E-state index contributed by atoms with van der Waals surface area (Å²) in [5.74, 6) is 0.359. The van der Waals surface area contributed by atoms with E-state index in [-0.39, 0.29) is 0 Å². The highest BCUT2D eigenvalue weighted by Gasteiger charge is 1.78. The molecule has 4 heteroatoms. The largest absolute Gasteiger partial charge is 0.369 e. The summed E-state index contributed by atoms with van der Waals surface area (Å²) in [7, 11) is 0. The van der Waals surface area contributed by atoms with Crippen LogP contribution in [0.3, 0.4) is 0 Å². The molecule has 0 aliphatic carbocycles. The highest BCUT2D eigenvalue weighted by atomic mass is 32.1. The van der Waals surface area contributed by atoms with Crippen LogP contribution in [-0.2, 0) is 0 Å². The molecule has 0 aliphatic rings. The minimum atomic E-state index is 0.359. The zero-order chi connectivity index (χ0) is 5.98. The van der Waals surface area contributed by atoms with Crippen molar-refractivity contribution < 1.29 is 0 Å². The number of nitrogens with two attached hydrogens (primary N) is 1. The lowest BCUT2D eigenvalue weighted by Crippen LogP contribution is -1.91. The molecule has 0 radical (unpaired) electrons. The van der Waals surface area contributed by atoms with E-state index in [9.17, 15) is 0 Å². The van der Waals surface area contributed by atoms with Crippen LogP contribution in [-0.4, -0.2) is 9.97 Å². The molecule has 0 saturated heterocycles. The number of nitrogen functional groups attached to an aromatic ring is 1. The van der Waals surface area contributed by atoms with Crippen LogP contribution >= 0.6 is 12.2 Å². The lowest BCUT2D eigenvalue weighted by molar-refractivity contribution is 1.17. The second-order valence-corrected chi connectivity index (χ2v) is 1.76. The van der Waals surface area contributed by atoms with E-state index in [0.717, 1.165) is 0 Å². The van der Waals surface area contributed by atoms with E-state index < -0.39 is 0 Å². The monoisotopic (exact) mass is 127 g/mol. The van der Waals surface area contributed by atoms with Gasteiger partial charge in [-0.05, 0) is 6.07 Å². The van der Waals surface area contributed by atoms with Crippen molar-refractivity contribution in [1.82, 2.24) is 9.97 Å². The predicted octanol–water partition coefficient (Wildman–Crippen LogP) is 0.721. The number of hydrogen-bond donors (Lipinski definition) is 2. The third kappa shape index (κ3) is 1.04. The van der Waals surface area contributed by atoms with E-state index in [2.05, 4.69) is 9.97 Å². The molecule has 1 aromatic heterocycles. The summed E-state index contributed by atoms with van der Waals surface area (Å²) in [5, 5.41) is 0. The van der Waals surface area contributed by atoms with Gasteiger partial charge in [0.05, 0.1) is 0 Å². The molecule has 0 atom stereocenters. The quantitative estimate of drug-likeness (QED) is 0.505. The van der Waals surface area contributed by atoms with Crippen molar-refractivity contribution in [2.24, 2.45) is 0 Å². The molecule has 0 fully saturated rings. The van der Waals surface area contributed by atoms with Crippen molar-refractivity contribution in [2.75, 3.05) is 5.73 Å². The number of anilines is 1. The SMILES string of the molecule is Nc1nccc(=S)[nH]1. The molecule has 0 saturated carbocycles. The van der Waals surface area contributed by atoms with Gasteiger partial charge in [0.15, 0.2) is 5.95 Å². The van der Waals surface area contributed by atoms with Crippen LogP contribution in [0.15, 0.2) is 12.3 Å². The van der Waals surface area contributed by atoms with Crippen LogP contribution in [0.5, 0.6) is 0 Å². The Bertz CT molecular complexity index is 229. The fourth-order valence-corrected chi connectivity index (χ4v) is 0.551. The lowest BCUT2D eigenvalue weighted by Gasteiger charge is -1.86. The van der Waals surface area contributed by atoms with Crippen LogP contribution in [0, 0.1) is 4.64 Å². The molecule has 1 aromatic rings. The normalized spacial score (nSPS) is 9.00. The molecule has 1 heterocycles. The van der Waals surface area contributed by atoms with E-state index in [4.69, 9.17) is 18.0 Å². The van der Waals surface area contributed by atoms with Gasteiger partial charge < -0.3 is 10.7 Å². The summed E-state index contributed by atoms with van der Waals surface area (Å²) in [6.07, 6.45) is 1.56. The summed E-state index contributed by atoms with van der Waals surface area (Å²) in [6.45, 7) is 0. The molecular formula is C4H5N3S. The van der Waals surface area contributed by atoms with Gasteiger partial charge in [-0.25, -0.2) is 4.98 Å². The van der Waals surface area contributed by atoms with Gasteiger partial charge in [0.25, 0.3) is 0 Å². The first kappa shape index (κ1) is 5.24. The first-order valence-electron chi connectivity index (χ1n) is 2.10. The number of hydrogen-bond acceptors (Lipinski definition) is 3. The number of rotatable bonds is 0. The third-order valence-electron chi connectivity index (χ3n) is 0.691. The van der Waals surface area contributed by atoms with Crippen LogP contribution in [0.25, 0.3) is 0 Å². The predicted molar refractivity (Wildman–Crippen MR) is 33.8 cm³/mol. The number of aromatic nitrogens is 2. The molecule has 42 valence electrons. The molecule has 0 aliphatic heterocycles. The van der Waals surface area contributed by atoms with Gasteiger partial charge in [0.2, 0.25) is 0 Å². The first-order chi connectivity index (χ1) is 3.79. The van der Waals surface area contributed by atoms with Gasteiger partial charge >= 0.3 is 0 Å². The highest BCUT2D eigenvalue weighted by Crippen LogP contribution is 1.86. The van der Waals surface area contributed by atoms with Crippen molar-refractivity contribution in [3.8, 4) is 0 Å². The average molecular weight is 127 g/mol. The zero-order valence-corrected chi connectivity index (χ0v) is 4.90. The molecule has 1 rings (SSSR count). The number of nitrogens with one attached hydrogen (secondary N) is 1. The minimum Gasteiger partial charge on any atom is -0.369 e. The third-order valence-corrected chi connectivity index (χ3v) is 0.929. The second kappa shape index (κ2) is 1.92. The maximum Gasteiger partial charge on any atom is 0.198 e. The first-order valence-corrected chi connectivity index (χ1v) is 2.50. The Balaban J connectivity index is 3.28. The summed E-state index contributed by atoms with van der Waals surface area (Å²) in [5.41, 5.74) is 5.23. The molecule has 0 spiro atoms. The van der Waals surface area contributed by atoms with E-state index in [1.54, 1.807) is 12.3 Å². The van der Waals surface area contributed by atoms with Crippen molar-refractivity contribution in [3.63, 3.8) is 0 Å². The highest BCUT2D eigenvalue weighted by molar-refractivity contribution is 7.71. The second-order valence-electron chi connectivity index (χ2n) is 1.32. The molecule has 0 unspecified atom stereocenters. The Morgan fingerprint density at radius 2 is 2.50 bits per heavy atom. The topological polar surface area (TPSA) is 54.7 Å². The van der Waals surface area contributed by atoms with Crippen molar-refractivity contribution >= 4 is 18.2 Å². The van der Waals surface area contributed by atoms with Crippen molar-refractivity contribution in [3.05, 3.63) is 16.9 Å². The Morgan fingerprint density at radius 1 is 1.75 bits per heavy atom. The number of H-pyrrole nitrogens is 1. The van der Waals surface area contributed by atoms with E-state index >= 15 is 0 Å². The summed E-state index contributed by atoms with van der Waals surface area (Å²) < 4.78 is 0.609. The summed E-state index contributed by atoms with van der Waals surface area (Å²) in [6, 6.07) is 1.67. The molecule has 0 bridgehead atoms. The average Bonchev–Trinajstić information content (AvgIpc) is 1.64. The maximum atomic E-state index is 5.23. The van der Waals surface area contributed by atoms with E-state index in [0.29, 0.717) is 10.6 Å². The summed E-state index contributed by atoms with van der Waals surface area (Å²) >= 11 is 4.72. The van der Waals surface area contributed by atoms with E-state index in [1.165, 1.54) is 0 Å². The van der Waals surface area contributed by atoms with Gasteiger partial charge in [-0.2, -0.15) is 0 Å². The summed E-state index contributed by atoms with van der Waals surface area (Å²) in [4.78, 5) is 6.35. The van der Waals surface area contributed by atoms with Crippen LogP contribution in [0.2, 0.25) is 0 Å². The molecule has 3 N–H and O–H groups in total. The molecule has 3 nitrogen and oxygen atoms in total. The smallest absolute Gasteiger partial charge is 0.198 e. The van der Waals surface area contributed by atoms with Crippen LogP contribution in [0.1, 0.15) is 0 Å². The minimum absolute atomic E-state index is 0.359. The Hall–Kier alpha value is -0.900. The van der Waals surface area contributed by atoms with Crippen LogP contribution in [0.4, 0.5) is 5.95 Å². The lowest BCUT2D eigenvalue weighted by atomic mass is 10.7. The Labute approximate surface area is 51.6 Å². The fourth-order valence-electron chi connectivity index (χ4n) is 0.385. The van der Waals surface area contributed by atoms with Gasteiger partial charge in [0.1, 0.15) is 4.64 Å². The molecule has 0 amide bonds. The number of nitrogens with zero attached hydrogens (tertiary/aromatic N) is 1.